The second-order valence-electron chi connectivity index (χ2n) is 5.03. The predicted molar refractivity (Wildman–Crippen MR) is 77.4 cm³/mol. The summed E-state index contributed by atoms with van der Waals surface area (Å²) >= 11 is 3.16. The largest absolute Gasteiger partial charge is 0.397 e. The van der Waals surface area contributed by atoms with Gasteiger partial charge in [-0.1, -0.05) is 0 Å². The molecule has 0 aliphatic carbocycles. The summed E-state index contributed by atoms with van der Waals surface area (Å²) in [6.45, 7) is 1.84. The molecular formula is C13H19BrFN3. The standard InChI is InChI=1S/C13H19BrFN3/c1-17(2)9-4-3-5-18(8-9)13-7-11(15)10(14)6-12(13)16/h6-7,9H,3-5,8,16H2,1-2H3. The molecule has 1 fully saturated rings. The van der Waals surface area contributed by atoms with Gasteiger partial charge in [-0.2, -0.15) is 0 Å². The Labute approximate surface area is 116 Å². The summed E-state index contributed by atoms with van der Waals surface area (Å²) in [6, 6.07) is 3.67. The van der Waals surface area contributed by atoms with Gasteiger partial charge in [0.15, 0.2) is 0 Å². The van der Waals surface area contributed by atoms with Crippen LogP contribution in [-0.2, 0) is 0 Å². The number of hydrogen-bond donors (Lipinski definition) is 1. The number of piperidine rings is 1. The van der Waals surface area contributed by atoms with Crippen LogP contribution in [0.3, 0.4) is 0 Å². The van der Waals surface area contributed by atoms with Gasteiger partial charge in [0, 0.05) is 25.2 Å². The van der Waals surface area contributed by atoms with Crippen molar-refractivity contribution in [2.75, 3.05) is 37.8 Å². The number of benzene rings is 1. The van der Waals surface area contributed by atoms with Crippen molar-refractivity contribution in [3.05, 3.63) is 22.4 Å². The third-order valence-corrected chi connectivity index (χ3v) is 4.14. The van der Waals surface area contributed by atoms with Crippen LogP contribution < -0.4 is 10.6 Å². The van der Waals surface area contributed by atoms with Crippen LogP contribution in [0.5, 0.6) is 0 Å². The third kappa shape index (κ3) is 2.78. The van der Waals surface area contributed by atoms with E-state index in [9.17, 15) is 4.39 Å². The maximum atomic E-state index is 13.6. The van der Waals surface area contributed by atoms with Gasteiger partial charge in [-0.15, -0.1) is 0 Å². The Morgan fingerprint density at radius 1 is 1.44 bits per heavy atom. The second kappa shape index (κ2) is 5.45. The lowest BCUT2D eigenvalue weighted by atomic mass is 10.0. The molecule has 2 N–H and O–H groups in total. The van der Waals surface area contributed by atoms with Crippen molar-refractivity contribution in [1.29, 1.82) is 0 Å². The van der Waals surface area contributed by atoms with Gasteiger partial charge in [0.1, 0.15) is 5.82 Å². The second-order valence-corrected chi connectivity index (χ2v) is 5.89. The first-order valence-electron chi connectivity index (χ1n) is 6.15. The molecule has 0 radical (unpaired) electrons. The van der Waals surface area contributed by atoms with Crippen LogP contribution in [0.1, 0.15) is 12.8 Å². The highest BCUT2D eigenvalue weighted by Gasteiger charge is 2.23. The molecule has 1 aliphatic rings. The molecule has 0 spiro atoms. The quantitative estimate of drug-likeness (QED) is 0.852. The molecule has 5 heteroatoms. The summed E-state index contributed by atoms with van der Waals surface area (Å²) in [6.07, 6.45) is 2.29. The van der Waals surface area contributed by atoms with Crippen molar-refractivity contribution >= 4 is 27.3 Å². The average Bonchev–Trinajstić information content (AvgIpc) is 2.34. The molecule has 1 aliphatic heterocycles. The fourth-order valence-electron chi connectivity index (χ4n) is 2.42. The first kappa shape index (κ1) is 13.6. The highest BCUT2D eigenvalue weighted by Crippen LogP contribution is 2.31. The number of hydrogen-bond acceptors (Lipinski definition) is 3. The van der Waals surface area contributed by atoms with E-state index < -0.39 is 0 Å². The molecule has 1 atom stereocenters. The Balaban J connectivity index is 2.23. The number of nitrogens with two attached hydrogens (primary N) is 1. The molecule has 1 saturated heterocycles. The van der Waals surface area contributed by atoms with E-state index in [4.69, 9.17) is 5.73 Å². The summed E-state index contributed by atoms with van der Waals surface area (Å²) in [4.78, 5) is 4.40. The fourth-order valence-corrected chi connectivity index (χ4v) is 2.78. The molecule has 1 aromatic rings. The molecule has 1 unspecified atom stereocenters. The van der Waals surface area contributed by atoms with Gasteiger partial charge in [0.25, 0.3) is 0 Å². The Morgan fingerprint density at radius 2 is 2.17 bits per heavy atom. The molecule has 1 aromatic carbocycles. The summed E-state index contributed by atoms with van der Waals surface area (Å²) < 4.78 is 14.1. The summed E-state index contributed by atoms with van der Waals surface area (Å²) in [5.41, 5.74) is 7.43. The minimum atomic E-state index is -0.258. The van der Waals surface area contributed by atoms with Crippen molar-refractivity contribution in [2.45, 2.75) is 18.9 Å². The number of nitrogen functional groups attached to an aromatic ring is 1. The number of anilines is 2. The van der Waals surface area contributed by atoms with Crippen LogP contribution in [0.2, 0.25) is 0 Å². The Kier molecular flexibility index (Phi) is 4.12. The van der Waals surface area contributed by atoms with Crippen LogP contribution >= 0.6 is 15.9 Å². The van der Waals surface area contributed by atoms with E-state index in [2.05, 4.69) is 39.8 Å². The number of likely N-dealkylation sites (N-methyl/N-ethyl adjacent to an activating group) is 1. The minimum absolute atomic E-state index is 0.258. The normalized spacial score (nSPS) is 20.5. The lowest BCUT2D eigenvalue weighted by Crippen LogP contribution is -2.45. The number of rotatable bonds is 2. The van der Waals surface area contributed by atoms with Gasteiger partial charge in [-0.25, -0.2) is 4.39 Å². The van der Waals surface area contributed by atoms with E-state index in [1.165, 1.54) is 12.5 Å². The van der Waals surface area contributed by atoms with Gasteiger partial charge in [-0.3, -0.25) is 0 Å². The molecule has 0 amide bonds. The SMILES string of the molecule is CN(C)C1CCCN(c2cc(F)c(Br)cc2N)C1. The first-order valence-corrected chi connectivity index (χ1v) is 6.94. The van der Waals surface area contributed by atoms with Gasteiger partial charge in [-0.05, 0) is 48.9 Å². The van der Waals surface area contributed by atoms with Gasteiger partial charge >= 0.3 is 0 Å². The topological polar surface area (TPSA) is 32.5 Å². The zero-order chi connectivity index (χ0) is 13.3. The van der Waals surface area contributed by atoms with Crippen LogP contribution in [-0.4, -0.2) is 38.1 Å². The fraction of sp³-hybridized carbons (Fsp3) is 0.538. The lowest BCUT2D eigenvalue weighted by molar-refractivity contribution is 0.258. The van der Waals surface area contributed by atoms with Crippen molar-refractivity contribution in [2.24, 2.45) is 0 Å². The van der Waals surface area contributed by atoms with E-state index in [-0.39, 0.29) is 5.82 Å². The van der Waals surface area contributed by atoms with Gasteiger partial charge in [0.05, 0.1) is 15.8 Å². The lowest BCUT2D eigenvalue weighted by Gasteiger charge is -2.38. The van der Waals surface area contributed by atoms with Gasteiger partial charge in [0.2, 0.25) is 0 Å². The number of halogens is 2. The highest BCUT2D eigenvalue weighted by atomic mass is 79.9. The molecule has 1 heterocycles. The molecule has 2 rings (SSSR count). The molecule has 0 saturated carbocycles. The summed E-state index contributed by atoms with van der Waals surface area (Å²) in [5, 5.41) is 0. The van der Waals surface area contributed by atoms with Crippen molar-refractivity contribution in [3.63, 3.8) is 0 Å². The summed E-state index contributed by atoms with van der Waals surface area (Å²) in [5.74, 6) is -0.258. The Morgan fingerprint density at radius 3 is 2.83 bits per heavy atom. The van der Waals surface area contributed by atoms with Crippen LogP contribution in [0.25, 0.3) is 0 Å². The summed E-state index contributed by atoms with van der Waals surface area (Å²) in [7, 11) is 4.17. The Bertz CT molecular complexity index is 436. The molecule has 0 aromatic heterocycles. The molecule has 18 heavy (non-hydrogen) atoms. The Hall–Kier alpha value is -0.810. The average molecular weight is 316 g/mol. The highest BCUT2D eigenvalue weighted by molar-refractivity contribution is 9.10. The van der Waals surface area contributed by atoms with E-state index >= 15 is 0 Å². The van der Waals surface area contributed by atoms with E-state index in [1.807, 2.05) is 0 Å². The van der Waals surface area contributed by atoms with Crippen LogP contribution in [0, 0.1) is 5.82 Å². The van der Waals surface area contributed by atoms with Crippen molar-refractivity contribution < 1.29 is 4.39 Å². The van der Waals surface area contributed by atoms with E-state index in [0.29, 0.717) is 16.2 Å². The van der Waals surface area contributed by atoms with E-state index in [1.54, 1.807) is 6.07 Å². The van der Waals surface area contributed by atoms with Crippen molar-refractivity contribution in [1.82, 2.24) is 4.90 Å². The minimum Gasteiger partial charge on any atom is -0.397 e. The molecule has 0 bridgehead atoms. The van der Waals surface area contributed by atoms with Gasteiger partial charge < -0.3 is 15.5 Å². The first-order chi connectivity index (χ1) is 8.49. The monoisotopic (exact) mass is 315 g/mol. The van der Waals surface area contributed by atoms with Crippen LogP contribution in [0.15, 0.2) is 16.6 Å². The zero-order valence-electron chi connectivity index (χ0n) is 10.8. The van der Waals surface area contributed by atoms with Crippen LogP contribution in [0.4, 0.5) is 15.8 Å². The molecule has 100 valence electrons. The number of nitrogens with zero attached hydrogens (tertiary/aromatic N) is 2. The molecular weight excluding hydrogens is 297 g/mol. The maximum absolute atomic E-state index is 13.6. The third-order valence-electron chi connectivity index (χ3n) is 3.54. The van der Waals surface area contributed by atoms with E-state index in [0.717, 1.165) is 25.2 Å². The smallest absolute Gasteiger partial charge is 0.139 e. The maximum Gasteiger partial charge on any atom is 0.139 e. The van der Waals surface area contributed by atoms with Crippen molar-refractivity contribution in [3.8, 4) is 0 Å². The predicted octanol–water partition coefficient (Wildman–Crippen LogP) is 2.70. The molecule has 3 nitrogen and oxygen atoms in total. The zero-order valence-corrected chi connectivity index (χ0v) is 12.4.